The molecule has 1 aromatic heterocycles. The fourth-order valence-corrected chi connectivity index (χ4v) is 1.84. The van der Waals surface area contributed by atoms with Crippen LogP contribution in [-0.2, 0) is 0 Å². The van der Waals surface area contributed by atoms with Crippen molar-refractivity contribution in [3.05, 3.63) is 18.0 Å². The summed E-state index contributed by atoms with van der Waals surface area (Å²) in [6.45, 7) is 0.766. The lowest BCUT2D eigenvalue weighted by atomic mass is 10.3. The third kappa shape index (κ3) is 1.97. The molecule has 0 unspecified atom stereocenters. The molecule has 76 valence electrons. The largest absolute Gasteiger partial charge is 0.334 e. The second kappa shape index (κ2) is 4.13. The number of hydrogen-bond acceptors (Lipinski definition) is 2. The molecule has 0 saturated heterocycles. The summed E-state index contributed by atoms with van der Waals surface area (Å²) in [5, 5.41) is 7.31. The van der Waals surface area contributed by atoms with Gasteiger partial charge in [0.2, 0.25) is 0 Å². The van der Waals surface area contributed by atoms with E-state index in [1.54, 1.807) is 12.3 Å². The second-order valence-electron chi connectivity index (χ2n) is 3.39. The monoisotopic (exact) mass is 257 g/mol. The minimum atomic E-state index is 0.0597. The maximum Gasteiger partial charge on any atom is 0.272 e. The average molecular weight is 258 g/mol. The SMILES string of the molecule is O=C(c1ccn[nH]1)N(CCBr)C1CC1. The summed E-state index contributed by atoms with van der Waals surface area (Å²) in [6, 6.07) is 2.16. The number of carbonyl (C=O) groups excluding carboxylic acids is 1. The van der Waals surface area contributed by atoms with E-state index in [9.17, 15) is 4.79 Å². The van der Waals surface area contributed by atoms with Gasteiger partial charge in [-0.2, -0.15) is 5.10 Å². The van der Waals surface area contributed by atoms with E-state index in [2.05, 4.69) is 26.1 Å². The van der Waals surface area contributed by atoms with Crippen molar-refractivity contribution in [2.75, 3.05) is 11.9 Å². The molecule has 1 aliphatic rings. The third-order valence-electron chi connectivity index (χ3n) is 2.31. The Balaban J connectivity index is 2.07. The van der Waals surface area contributed by atoms with Crippen LogP contribution in [-0.4, -0.2) is 38.9 Å². The van der Waals surface area contributed by atoms with Crippen LogP contribution in [0.5, 0.6) is 0 Å². The first-order valence-corrected chi connectivity index (χ1v) is 5.81. The number of hydrogen-bond donors (Lipinski definition) is 1. The number of nitrogens with one attached hydrogen (secondary N) is 1. The van der Waals surface area contributed by atoms with Gasteiger partial charge in [0.25, 0.3) is 5.91 Å². The van der Waals surface area contributed by atoms with E-state index in [1.807, 2.05) is 4.90 Å². The fourth-order valence-electron chi connectivity index (χ4n) is 1.46. The van der Waals surface area contributed by atoms with E-state index in [0.717, 1.165) is 24.7 Å². The molecule has 0 radical (unpaired) electrons. The van der Waals surface area contributed by atoms with Crippen molar-refractivity contribution in [3.8, 4) is 0 Å². The van der Waals surface area contributed by atoms with Crippen molar-refractivity contribution >= 4 is 21.8 Å². The highest BCUT2D eigenvalue weighted by Crippen LogP contribution is 2.27. The summed E-state index contributed by atoms with van der Waals surface area (Å²) in [7, 11) is 0. The van der Waals surface area contributed by atoms with Crippen molar-refractivity contribution in [2.45, 2.75) is 18.9 Å². The highest BCUT2D eigenvalue weighted by Gasteiger charge is 2.32. The lowest BCUT2D eigenvalue weighted by Crippen LogP contribution is -2.34. The van der Waals surface area contributed by atoms with E-state index < -0.39 is 0 Å². The zero-order valence-corrected chi connectivity index (χ0v) is 9.33. The Hall–Kier alpha value is -0.840. The molecule has 1 aliphatic carbocycles. The number of amides is 1. The first-order valence-electron chi connectivity index (χ1n) is 4.69. The Kier molecular flexibility index (Phi) is 2.86. The first-order chi connectivity index (χ1) is 6.83. The summed E-state index contributed by atoms with van der Waals surface area (Å²) in [6.07, 6.45) is 3.87. The molecular weight excluding hydrogens is 246 g/mol. The van der Waals surface area contributed by atoms with Gasteiger partial charge in [0.05, 0.1) is 0 Å². The Morgan fingerprint density at radius 3 is 3.00 bits per heavy atom. The Morgan fingerprint density at radius 2 is 2.50 bits per heavy atom. The van der Waals surface area contributed by atoms with Gasteiger partial charge in [-0.25, -0.2) is 0 Å². The predicted octanol–water partition coefficient (Wildman–Crippen LogP) is 1.41. The van der Waals surface area contributed by atoms with Gasteiger partial charge in [-0.05, 0) is 18.9 Å². The molecule has 5 heteroatoms. The molecule has 14 heavy (non-hydrogen) atoms. The van der Waals surface area contributed by atoms with Crippen LogP contribution in [0.1, 0.15) is 23.3 Å². The molecule has 1 fully saturated rings. The normalized spacial score (nSPS) is 15.5. The number of rotatable bonds is 4. The molecule has 1 aromatic rings. The lowest BCUT2D eigenvalue weighted by molar-refractivity contribution is 0.0748. The molecule has 0 aromatic carbocycles. The maximum absolute atomic E-state index is 11.9. The van der Waals surface area contributed by atoms with Gasteiger partial charge in [-0.15, -0.1) is 0 Å². The predicted molar refractivity (Wildman–Crippen MR) is 56.4 cm³/mol. The summed E-state index contributed by atoms with van der Waals surface area (Å²) in [4.78, 5) is 13.8. The topological polar surface area (TPSA) is 49.0 Å². The number of nitrogens with zero attached hydrogens (tertiary/aromatic N) is 2. The molecule has 0 atom stereocenters. The number of aromatic amines is 1. The lowest BCUT2D eigenvalue weighted by Gasteiger charge is -2.20. The van der Waals surface area contributed by atoms with E-state index in [-0.39, 0.29) is 5.91 Å². The molecular formula is C9H12BrN3O. The summed E-state index contributed by atoms with van der Waals surface area (Å²) >= 11 is 3.36. The van der Waals surface area contributed by atoms with Gasteiger partial charge in [-0.3, -0.25) is 9.89 Å². The van der Waals surface area contributed by atoms with Crippen LogP contribution in [0.4, 0.5) is 0 Å². The van der Waals surface area contributed by atoms with Crippen molar-refractivity contribution in [1.29, 1.82) is 0 Å². The molecule has 1 saturated carbocycles. The van der Waals surface area contributed by atoms with Gasteiger partial charge in [0.15, 0.2) is 0 Å². The van der Waals surface area contributed by atoms with Crippen LogP contribution in [0, 0.1) is 0 Å². The molecule has 0 spiro atoms. The molecule has 4 nitrogen and oxygen atoms in total. The molecule has 1 heterocycles. The Labute approximate surface area is 90.8 Å². The summed E-state index contributed by atoms with van der Waals surface area (Å²) in [5.41, 5.74) is 0.581. The number of H-pyrrole nitrogens is 1. The highest BCUT2D eigenvalue weighted by molar-refractivity contribution is 9.09. The van der Waals surface area contributed by atoms with Gasteiger partial charge in [0.1, 0.15) is 5.69 Å². The van der Waals surface area contributed by atoms with Crippen LogP contribution in [0.15, 0.2) is 12.3 Å². The molecule has 1 amide bonds. The van der Waals surface area contributed by atoms with Crippen molar-refractivity contribution < 1.29 is 4.79 Å². The standard InChI is InChI=1S/C9H12BrN3O/c10-4-6-13(7-1-2-7)9(14)8-3-5-11-12-8/h3,5,7H,1-2,4,6H2,(H,11,12). The minimum absolute atomic E-state index is 0.0597. The van der Waals surface area contributed by atoms with Crippen molar-refractivity contribution in [3.63, 3.8) is 0 Å². The van der Waals surface area contributed by atoms with E-state index >= 15 is 0 Å². The van der Waals surface area contributed by atoms with E-state index in [0.29, 0.717) is 11.7 Å². The second-order valence-corrected chi connectivity index (χ2v) is 4.18. The van der Waals surface area contributed by atoms with E-state index in [4.69, 9.17) is 0 Å². The number of aromatic nitrogens is 2. The molecule has 0 aliphatic heterocycles. The summed E-state index contributed by atoms with van der Waals surface area (Å²) < 4.78 is 0. The van der Waals surface area contributed by atoms with Crippen molar-refractivity contribution in [2.24, 2.45) is 0 Å². The van der Waals surface area contributed by atoms with Crippen LogP contribution in [0.25, 0.3) is 0 Å². The average Bonchev–Trinajstić information content (AvgIpc) is 2.88. The molecule has 2 rings (SSSR count). The van der Waals surface area contributed by atoms with Gasteiger partial charge in [0, 0.05) is 24.1 Å². The van der Waals surface area contributed by atoms with Gasteiger partial charge < -0.3 is 4.90 Å². The number of alkyl halides is 1. The zero-order chi connectivity index (χ0) is 9.97. The Morgan fingerprint density at radius 1 is 1.71 bits per heavy atom. The molecule has 1 N–H and O–H groups in total. The number of halogens is 1. The maximum atomic E-state index is 11.9. The number of carbonyl (C=O) groups is 1. The van der Waals surface area contributed by atoms with Crippen LogP contribution >= 0.6 is 15.9 Å². The van der Waals surface area contributed by atoms with Crippen LogP contribution in [0.2, 0.25) is 0 Å². The highest BCUT2D eigenvalue weighted by atomic mass is 79.9. The van der Waals surface area contributed by atoms with Crippen molar-refractivity contribution in [1.82, 2.24) is 15.1 Å². The summed E-state index contributed by atoms with van der Waals surface area (Å²) in [5.74, 6) is 0.0597. The quantitative estimate of drug-likeness (QED) is 0.830. The minimum Gasteiger partial charge on any atom is -0.334 e. The Bertz CT molecular complexity index is 308. The molecule has 0 bridgehead atoms. The first kappa shape index (κ1) is 9.71. The van der Waals surface area contributed by atoms with Gasteiger partial charge in [-0.1, -0.05) is 15.9 Å². The zero-order valence-electron chi connectivity index (χ0n) is 7.74. The fraction of sp³-hybridized carbons (Fsp3) is 0.556. The van der Waals surface area contributed by atoms with Crippen LogP contribution in [0.3, 0.4) is 0 Å². The van der Waals surface area contributed by atoms with Crippen LogP contribution < -0.4 is 0 Å². The van der Waals surface area contributed by atoms with Gasteiger partial charge >= 0.3 is 0 Å². The smallest absolute Gasteiger partial charge is 0.272 e. The van der Waals surface area contributed by atoms with E-state index in [1.165, 1.54) is 0 Å². The third-order valence-corrected chi connectivity index (χ3v) is 2.66.